The fourth-order valence-electron chi connectivity index (χ4n) is 3.32. The van der Waals surface area contributed by atoms with Crippen LogP contribution in [0, 0.1) is 0 Å². The first-order valence-corrected chi connectivity index (χ1v) is 12.1. The largest absolute Gasteiger partial charge is 0.353 e. The molecule has 0 aromatic heterocycles. The van der Waals surface area contributed by atoms with Crippen molar-refractivity contribution in [2.24, 2.45) is 0 Å². The number of ether oxygens (including phenoxy) is 2. The summed E-state index contributed by atoms with van der Waals surface area (Å²) in [7, 11) is 0. The van der Waals surface area contributed by atoms with Gasteiger partial charge in [0, 0.05) is 13.2 Å². The maximum atomic E-state index is 6.07. The molecule has 0 N–H and O–H groups in total. The molecule has 0 unspecified atom stereocenters. The highest BCUT2D eigenvalue weighted by Gasteiger charge is 2.09. The molecule has 0 fully saturated rings. The molecule has 0 amide bonds. The van der Waals surface area contributed by atoms with Gasteiger partial charge >= 0.3 is 0 Å². The Morgan fingerprint density at radius 3 is 1.19 bits per heavy atom. The molecule has 158 valence electrons. The molecule has 0 saturated heterocycles. The van der Waals surface area contributed by atoms with Crippen LogP contribution in [0.5, 0.6) is 0 Å². The highest BCUT2D eigenvalue weighted by molar-refractivity contribution is 4.52. The average molecular weight is 371 g/mol. The molecule has 0 aromatic rings. The maximum absolute atomic E-state index is 6.07. The van der Waals surface area contributed by atoms with Gasteiger partial charge in [0.25, 0.3) is 0 Å². The van der Waals surface area contributed by atoms with Gasteiger partial charge in [0.05, 0.1) is 0 Å². The van der Waals surface area contributed by atoms with E-state index in [9.17, 15) is 0 Å². The van der Waals surface area contributed by atoms with E-state index >= 15 is 0 Å². The molecule has 0 aliphatic rings. The van der Waals surface area contributed by atoms with Gasteiger partial charge in [-0.2, -0.15) is 0 Å². The van der Waals surface area contributed by atoms with Gasteiger partial charge in [0.15, 0.2) is 6.29 Å². The Kier molecular flexibility index (Phi) is 22.9. The predicted octanol–water partition coefficient (Wildman–Crippen LogP) is 8.43. The predicted molar refractivity (Wildman–Crippen MR) is 116 cm³/mol. The minimum Gasteiger partial charge on any atom is -0.353 e. The number of hydrogen-bond acceptors (Lipinski definition) is 2. The van der Waals surface area contributed by atoms with E-state index in [0.717, 1.165) is 19.6 Å². The van der Waals surface area contributed by atoms with E-state index in [1.54, 1.807) is 0 Å². The first-order valence-electron chi connectivity index (χ1n) is 12.1. The third-order valence-corrected chi connectivity index (χ3v) is 5.15. The highest BCUT2D eigenvalue weighted by atomic mass is 16.7. The maximum Gasteiger partial charge on any atom is 0.157 e. The number of hydrogen-bond donors (Lipinski definition) is 0. The van der Waals surface area contributed by atoms with Gasteiger partial charge in [0.1, 0.15) is 0 Å². The molecule has 0 rings (SSSR count). The van der Waals surface area contributed by atoms with Crippen molar-refractivity contribution in [3.8, 4) is 0 Å². The molecule has 26 heavy (non-hydrogen) atoms. The first-order chi connectivity index (χ1) is 12.8. The van der Waals surface area contributed by atoms with Crippen molar-refractivity contribution in [3.05, 3.63) is 0 Å². The van der Waals surface area contributed by atoms with Crippen molar-refractivity contribution in [2.45, 2.75) is 143 Å². The Bertz CT molecular complexity index is 226. The molecule has 0 atom stereocenters. The van der Waals surface area contributed by atoms with Crippen molar-refractivity contribution in [1.82, 2.24) is 0 Å². The monoisotopic (exact) mass is 370 g/mol. The van der Waals surface area contributed by atoms with E-state index < -0.39 is 0 Å². The summed E-state index contributed by atoms with van der Waals surface area (Å²) in [6, 6.07) is 0. The third kappa shape index (κ3) is 20.2. The van der Waals surface area contributed by atoms with Crippen molar-refractivity contribution < 1.29 is 9.47 Å². The van der Waals surface area contributed by atoms with Crippen LogP contribution < -0.4 is 0 Å². The zero-order chi connectivity index (χ0) is 19.1. The lowest BCUT2D eigenvalue weighted by atomic mass is 10.1. The van der Waals surface area contributed by atoms with E-state index in [4.69, 9.17) is 9.47 Å². The van der Waals surface area contributed by atoms with Crippen molar-refractivity contribution in [2.75, 3.05) is 13.2 Å². The molecular weight excluding hydrogens is 320 g/mol. The summed E-state index contributed by atoms with van der Waals surface area (Å²) < 4.78 is 12.1. The Balaban J connectivity index is 3.77. The lowest BCUT2D eigenvalue weighted by molar-refractivity contribution is -0.148. The Morgan fingerprint density at radius 1 is 0.423 bits per heavy atom. The van der Waals surface area contributed by atoms with Crippen LogP contribution in [0.25, 0.3) is 0 Å². The molecule has 0 spiro atoms. The van der Waals surface area contributed by atoms with E-state index in [1.807, 2.05) is 0 Å². The van der Waals surface area contributed by atoms with Crippen LogP contribution in [0.4, 0.5) is 0 Å². The third-order valence-electron chi connectivity index (χ3n) is 5.15. The van der Waals surface area contributed by atoms with Gasteiger partial charge < -0.3 is 9.47 Å². The minimum absolute atomic E-state index is 0.0444. The molecule has 0 bridgehead atoms. The van der Waals surface area contributed by atoms with Crippen LogP contribution in [-0.2, 0) is 9.47 Å². The molecule has 0 aromatic carbocycles. The Hall–Kier alpha value is -0.0800. The molecule has 0 aliphatic carbocycles. The molecule has 0 radical (unpaired) electrons. The topological polar surface area (TPSA) is 18.5 Å². The van der Waals surface area contributed by atoms with E-state index in [1.165, 1.54) is 109 Å². The van der Waals surface area contributed by atoms with Crippen LogP contribution >= 0.6 is 0 Å². The minimum atomic E-state index is 0.0444. The Morgan fingerprint density at radius 2 is 0.769 bits per heavy atom. The van der Waals surface area contributed by atoms with Gasteiger partial charge in [-0.1, -0.05) is 111 Å². The average Bonchev–Trinajstić information content (AvgIpc) is 2.65. The summed E-state index contributed by atoms with van der Waals surface area (Å²) in [5, 5.41) is 0. The molecule has 2 heteroatoms. The van der Waals surface area contributed by atoms with Crippen molar-refractivity contribution in [1.29, 1.82) is 0 Å². The van der Waals surface area contributed by atoms with Crippen molar-refractivity contribution >= 4 is 0 Å². The van der Waals surface area contributed by atoms with Crippen LogP contribution in [0.15, 0.2) is 0 Å². The summed E-state index contributed by atoms with van der Waals surface area (Å²) in [5.74, 6) is 0. The van der Waals surface area contributed by atoms with Crippen LogP contribution in [0.3, 0.4) is 0 Å². The van der Waals surface area contributed by atoms with E-state index in [0.29, 0.717) is 0 Å². The lowest BCUT2D eigenvalue weighted by Gasteiger charge is -2.19. The molecular formula is C24H50O2. The second kappa shape index (κ2) is 23.0. The fourth-order valence-corrected chi connectivity index (χ4v) is 3.32. The first kappa shape index (κ1) is 25.9. The van der Waals surface area contributed by atoms with E-state index in [2.05, 4.69) is 20.8 Å². The zero-order valence-electron chi connectivity index (χ0n) is 18.5. The van der Waals surface area contributed by atoms with Crippen LogP contribution in [0.2, 0.25) is 0 Å². The van der Waals surface area contributed by atoms with Crippen LogP contribution in [-0.4, -0.2) is 19.5 Å². The molecule has 0 aliphatic heterocycles. The van der Waals surface area contributed by atoms with Crippen molar-refractivity contribution in [3.63, 3.8) is 0 Å². The summed E-state index contributed by atoms with van der Waals surface area (Å²) in [6.45, 7) is 8.57. The SMILES string of the molecule is CCCCCCCCCC(OCCCCCCC)OCCCCCCC. The van der Waals surface area contributed by atoms with Gasteiger partial charge in [-0.15, -0.1) is 0 Å². The summed E-state index contributed by atoms with van der Waals surface area (Å²) in [6.07, 6.45) is 23.6. The zero-order valence-corrected chi connectivity index (χ0v) is 18.5. The van der Waals surface area contributed by atoms with E-state index in [-0.39, 0.29) is 6.29 Å². The molecule has 2 nitrogen and oxygen atoms in total. The summed E-state index contributed by atoms with van der Waals surface area (Å²) in [5.41, 5.74) is 0. The normalized spacial score (nSPS) is 11.5. The van der Waals surface area contributed by atoms with Gasteiger partial charge in [-0.05, 0) is 25.7 Å². The van der Waals surface area contributed by atoms with Gasteiger partial charge in [-0.25, -0.2) is 0 Å². The molecule has 0 heterocycles. The number of unbranched alkanes of at least 4 members (excludes halogenated alkanes) is 14. The van der Waals surface area contributed by atoms with Crippen LogP contribution in [0.1, 0.15) is 136 Å². The number of rotatable bonds is 22. The highest BCUT2D eigenvalue weighted by Crippen LogP contribution is 2.14. The fraction of sp³-hybridized carbons (Fsp3) is 1.00. The Labute approximate surface area is 165 Å². The smallest absolute Gasteiger partial charge is 0.157 e. The second-order valence-corrected chi connectivity index (χ2v) is 7.91. The summed E-state index contributed by atoms with van der Waals surface area (Å²) >= 11 is 0. The quantitative estimate of drug-likeness (QED) is 0.141. The second-order valence-electron chi connectivity index (χ2n) is 7.91. The lowest BCUT2D eigenvalue weighted by Crippen LogP contribution is -2.19. The van der Waals surface area contributed by atoms with Gasteiger partial charge in [-0.3, -0.25) is 0 Å². The summed E-state index contributed by atoms with van der Waals surface area (Å²) in [4.78, 5) is 0. The van der Waals surface area contributed by atoms with Gasteiger partial charge in [0.2, 0.25) is 0 Å². The molecule has 0 saturated carbocycles. The standard InChI is InChI=1S/C24H50O2/c1-4-7-10-13-14-15-18-21-24(25-22-19-16-11-8-5-2)26-23-20-17-12-9-6-3/h24H,4-23H2,1-3H3.